The molecule has 0 spiro atoms. The van der Waals surface area contributed by atoms with Gasteiger partial charge in [0.25, 0.3) is 5.91 Å². The van der Waals surface area contributed by atoms with E-state index in [0.717, 1.165) is 12.0 Å². The summed E-state index contributed by atoms with van der Waals surface area (Å²) in [4.78, 5) is 24.4. The molecule has 5 nitrogen and oxygen atoms in total. The molecule has 3 N–H and O–H groups in total. The molecule has 0 aromatic heterocycles. The fourth-order valence-electron chi connectivity index (χ4n) is 2.10. The molecule has 0 heterocycles. The summed E-state index contributed by atoms with van der Waals surface area (Å²) < 4.78 is 5.16. The van der Waals surface area contributed by atoms with E-state index in [2.05, 4.69) is 5.32 Å². The van der Waals surface area contributed by atoms with Crippen LogP contribution in [0.1, 0.15) is 29.8 Å². The number of nitrogen functional groups attached to an aromatic ring is 1. The first-order valence-electron chi connectivity index (χ1n) is 7.67. The molecule has 0 bridgehead atoms. The predicted octanol–water partition coefficient (Wildman–Crippen LogP) is 4.32. The standard InChI is InChI=1S/C18H18Cl2N2O3/c1-3-11-4-6-13(7-5-11)22-17(23)10(2)25-18(24)14-8-12(19)9-15(20)16(14)21/h4-10H,3,21H2,1-2H3,(H,22,23)/t10-/m1/s1. The van der Waals surface area contributed by atoms with Crippen LogP contribution in [0.15, 0.2) is 36.4 Å². The maximum absolute atomic E-state index is 12.2. The lowest BCUT2D eigenvalue weighted by molar-refractivity contribution is -0.123. The number of anilines is 2. The van der Waals surface area contributed by atoms with Crippen LogP contribution in [-0.4, -0.2) is 18.0 Å². The molecular weight excluding hydrogens is 363 g/mol. The summed E-state index contributed by atoms with van der Waals surface area (Å²) in [6.45, 7) is 3.51. The maximum Gasteiger partial charge on any atom is 0.341 e. The fourth-order valence-corrected chi connectivity index (χ4v) is 2.59. The van der Waals surface area contributed by atoms with Crippen molar-refractivity contribution in [1.29, 1.82) is 0 Å². The van der Waals surface area contributed by atoms with Crippen molar-refractivity contribution in [1.82, 2.24) is 0 Å². The zero-order valence-electron chi connectivity index (χ0n) is 13.8. The number of carbonyl (C=O) groups is 2. The van der Waals surface area contributed by atoms with Gasteiger partial charge < -0.3 is 15.8 Å². The summed E-state index contributed by atoms with van der Waals surface area (Å²) in [5.41, 5.74) is 7.61. The first-order valence-corrected chi connectivity index (χ1v) is 8.42. The van der Waals surface area contributed by atoms with Gasteiger partial charge in [0.15, 0.2) is 6.10 Å². The van der Waals surface area contributed by atoms with Crippen LogP contribution in [0, 0.1) is 0 Å². The van der Waals surface area contributed by atoms with Crippen molar-refractivity contribution in [3.8, 4) is 0 Å². The molecule has 25 heavy (non-hydrogen) atoms. The third-order valence-electron chi connectivity index (χ3n) is 3.60. The lowest BCUT2D eigenvalue weighted by atomic mass is 10.1. The normalized spacial score (nSPS) is 11.7. The molecule has 0 unspecified atom stereocenters. The topological polar surface area (TPSA) is 81.4 Å². The predicted molar refractivity (Wildman–Crippen MR) is 100 cm³/mol. The summed E-state index contributed by atoms with van der Waals surface area (Å²) in [7, 11) is 0. The highest BCUT2D eigenvalue weighted by Gasteiger charge is 2.22. The van der Waals surface area contributed by atoms with Crippen molar-refractivity contribution < 1.29 is 14.3 Å². The maximum atomic E-state index is 12.2. The van der Waals surface area contributed by atoms with Gasteiger partial charge >= 0.3 is 5.97 Å². The van der Waals surface area contributed by atoms with Crippen LogP contribution in [0.25, 0.3) is 0 Å². The number of rotatable bonds is 5. The molecule has 0 fully saturated rings. The Morgan fingerprint density at radius 2 is 1.84 bits per heavy atom. The molecule has 0 aliphatic carbocycles. The highest BCUT2D eigenvalue weighted by atomic mass is 35.5. The molecule has 0 aliphatic heterocycles. The lowest BCUT2D eigenvalue weighted by Gasteiger charge is -2.15. The molecule has 0 saturated carbocycles. The average molecular weight is 381 g/mol. The number of aryl methyl sites for hydroxylation is 1. The Bertz CT molecular complexity index is 792. The Balaban J connectivity index is 2.04. The number of nitrogens with one attached hydrogen (secondary N) is 1. The van der Waals surface area contributed by atoms with E-state index >= 15 is 0 Å². The van der Waals surface area contributed by atoms with Gasteiger partial charge in [-0.2, -0.15) is 0 Å². The number of halogens is 2. The minimum atomic E-state index is -1.02. The van der Waals surface area contributed by atoms with Crippen LogP contribution in [0.3, 0.4) is 0 Å². The van der Waals surface area contributed by atoms with Gasteiger partial charge in [0.2, 0.25) is 0 Å². The van der Waals surface area contributed by atoms with Gasteiger partial charge in [-0.05, 0) is 43.2 Å². The molecular formula is C18H18Cl2N2O3. The van der Waals surface area contributed by atoms with Gasteiger partial charge in [-0.1, -0.05) is 42.3 Å². The number of hydrogen-bond acceptors (Lipinski definition) is 4. The Kier molecular flexibility index (Phi) is 6.28. The van der Waals surface area contributed by atoms with Crippen molar-refractivity contribution in [2.24, 2.45) is 0 Å². The Morgan fingerprint density at radius 3 is 2.44 bits per heavy atom. The Hall–Kier alpha value is -2.24. The highest BCUT2D eigenvalue weighted by Crippen LogP contribution is 2.28. The van der Waals surface area contributed by atoms with Crippen molar-refractivity contribution in [2.75, 3.05) is 11.1 Å². The van der Waals surface area contributed by atoms with Crippen LogP contribution in [0.2, 0.25) is 10.0 Å². The van der Waals surface area contributed by atoms with Crippen LogP contribution in [0.4, 0.5) is 11.4 Å². The summed E-state index contributed by atoms with van der Waals surface area (Å²) in [5, 5.41) is 3.08. The molecule has 2 aromatic carbocycles. The van der Waals surface area contributed by atoms with E-state index in [9.17, 15) is 9.59 Å². The SMILES string of the molecule is CCc1ccc(NC(=O)[C@@H](C)OC(=O)c2cc(Cl)cc(Cl)c2N)cc1. The van der Waals surface area contributed by atoms with Crippen LogP contribution < -0.4 is 11.1 Å². The summed E-state index contributed by atoms with van der Waals surface area (Å²) in [6.07, 6.45) is -0.109. The van der Waals surface area contributed by atoms with E-state index in [-0.39, 0.29) is 21.3 Å². The summed E-state index contributed by atoms with van der Waals surface area (Å²) in [5.74, 6) is -1.23. The van der Waals surface area contributed by atoms with Gasteiger partial charge in [-0.3, -0.25) is 4.79 Å². The van der Waals surface area contributed by atoms with Crippen LogP contribution in [-0.2, 0) is 16.0 Å². The van der Waals surface area contributed by atoms with E-state index in [0.29, 0.717) is 5.69 Å². The second-order valence-corrected chi connectivity index (χ2v) is 6.28. The van der Waals surface area contributed by atoms with Gasteiger partial charge in [-0.25, -0.2) is 4.79 Å². The van der Waals surface area contributed by atoms with Crippen molar-refractivity contribution in [3.63, 3.8) is 0 Å². The molecule has 1 amide bonds. The number of esters is 1. The average Bonchev–Trinajstić information content (AvgIpc) is 2.58. The molecule has 2 aromatic rings. The van der Waals surface area contributed by atoms with E-state index in [1.165, 1.54) is 19.1 Å². The Morgan fingerprint density at radius 1 is 1.20 bits per heavy atom. The van der Waals surface area contributed by atoms with E-state index < -0.39 is 18.0 Å². The molecule has 132 valence electrons. The molecule has 0 radical (unpaired) electrons. The zero-order valence-corrected chi connectivity index (χ0v) is 15.3. The van der Waals surface area contributed by atoms with Gasteiger partial charge in [0, 0.05) is 10.7 Å². The molecule has 1 atom stereocenters. The molecule has 7 heteroatoms. The summed E-state index contributed by atoms with van der Waals surface area (Å²) in [6, 6.07) is 10.2. The van der Waals surface area contributed by atoms with Gasteiger partial charge in [-0.15, -0.1) is 0 Å². The van der Waals surface area contributed by atoms with Gasteiger partial charge in [0.1, 0.15) is 0 Å². The third-order valence-corrected chi connectivity index (χ3v) is 4.13. The lowest BCUT2D eigenvalue weighted by Crippen LogP contribution is -2.30. The van der Waals surface area contributed by atoms with E-state index in [4.69, 9.17) is 33.7 Å². The van der Waals surface area contributed by atoms with E-state index in [1.807, 2.05) is 19.1 Å². The first kappa shape index (κ1) is 19.1. The molecule has 0 aliphatic rings. The van der Waals surface area contributed by atoms with E-state index in [1.54, 1.807) is 12.1 Å². The smallest absolute Gasteiger partial charge is 0.341 e. The fraction of sp³-hybridized carbons (Fsp3) is 0.222. The monoisotopic (exact) mass is 380 g/mol. The van der Waals surface area contributed by atoms with Crippen molar-refractivity contribution in [2.45, 2.75) is 26.4 Å². The number of amides is 1. The number of benzene rings is 2. The van der Waals surface area contributed by atoms with Crippen molar-refractivity contribution in [3.05, 3.63) is 57.6 Å². The van der Waals surface area contributed by atoms with Crippen molar-refractivity contribution >= 4 is 46.5 Å². The van der Waals surface area contributed by atoms with Crippen LogP contribution in [0.5, 0.6) is 0 Å². The summed E-state index contributed by atoms with van der Waals surface area (Å²) >= 11 is 11.8. The highest BCUT2D eigenvalue weighted by molar-refractivity contribution is 6.37. The third kappa shape index (κ3) is 4.87. The number of nitrogens with two attached hydrogens (primary N) is 1. The molecule has 0 saturated heterocycles. The number of hydrogen-bond donors (Lipinski definition) is 2. The number of carbonyl (C=O) groups excluding carboxylic acids is 2. The first-order chi connectivity index (χ1) is 11.8. The zero-order chi connectivity index (χ0) is 18.6. The second-order valence-electron chi connectivity index (χ2n) is 5.44. The second kappa shape index (κ2) is 8.23. The minimum absolute atomic E-state index is 0.0180. The number of ether oxygens (including phenoxy) is 1. The van der Waals surface area contributed by atoms with Gasteiger partial charge in [0.05, 0.1) is 16.3 Å². The quantitative estimate of drug-likeness (QED) is 0.597. The molecule has 2 rings (SSSR count). The van der Waals surface area contributed by atoms with Crippen LogP contribution >= 0.6 is 23.2 Å². The minimum Gasteiger partial charge on any atom is -0.449 e. The largest absolute Gasteiger partial charge is 0.449 e. The Labute approximate surface area is 156 Å².